The Balaban J connectivity index is 6.38. The van der Waals surface area contributed by atoms with Crippen LogP contribution in [0.15, 0.2) is 0 Å². The van der Waals surface area contributed by atoms with Crippen molar-refractivity contribution in [2.24, 2.45) is 5.41 Å². The smallest absolute Gasteiger partial charge is 0.216 e. The highest BCUT2D eigenvalue weighted by Gasteiger charge is 2.91. The van der Waals surface area contributed by atoms with Crippen molar-refractivity contribution in [3.8, 4) is 0 Å². The minimum Gasteiger partial charge on any atom is -0.216 e. The second-order valence-electron chi connectivity index (χ2n) is 5.05. The average molecular weight is 326 g/mol. The molecule has 0 atom stereocenters. The summed E-state index contributed by atoms with van der Waals surface area (Å²) in [7, 11) is 0. The number of hydrogen-bond donors (Lipinski definition) is 0. The Hall–Kier alpha value is -0.770. The maximum Gasteiger partial charge on any atom is 0.438 e. The van der Waals surface area contributed by atoms with Crippen molar-refractivity contribution in [2.75, 3.05) is 0 Å². The molecule has 0 spiro atoms. The molecule has 0 radical (unpaired) electrons. The van der Waals surface area contributed by atoms with Crippen molar-refractivity contribution in [3.63, 3.8) is 0 Å². The minimum atomic E-state index is -7.37. The Bertz CT molecular complexity index is 340. The lowest BCUT2D eigenvalue weighted by Crippen LogP contribution is -2.72. The van der Waals surface area contributed by atoms with Gasteiger partial charge in [0.05, 0.1) is 0 Å². The fourth-order valence-electron chi connectivity index (χ4n) is 1.20. The predicted octanol–water partition coefficient (Wildman–Crippen LogP) is 5.14. The van der Waals surface area contributed by atoms with Crippen LogP contribution in [-0.2, 0) is 0 Å². The van der Waals surface area contributed by atoms with Crippen molar-refractivity contribution in [3.05, 3.63) is 0 Å². The van der Waals surface area contributed by atoms with Gasteiger partial charge in [0.1, 0.15) is 0 Å². The van der Waals surface area contributed by atoms with E-state index < -0.39 is 35.3 Å². The Morgan fingerprint density at radius 1 is 0.450 bits per heavy atom. The van der Waals surface area contributed by atoms with Crippen LogP contribution in [0.3, 0.4) is 0 Å². The molecular weight excluding hydrogens is 317 g/mol. The quantitative estimate of drug-likeness (QED) is 0.617. The molecule has 0 aliphatic carbocycles. The zero-order valence-corrected chi connectivity index (χ0v) is 10.2. The third-order valence-corrected chi connectivity index (χ3v) is 2.55. The van der Waals surface area contributed by atoms with E-state index in [2.05, 4.69) is 0 Å². The van der Waals surface area contributed by atoms with Crippen LogP contribution >= 0.6 is 0 Å². The first kappa shape index (κ1) is 19.2. The van der Waals surface area contributed by atoms with Crippen molar-refractivity contribution in [1.82, 2.24) is 0 Å². The molecule has 0 N–H and O–H groups in total. The van der Waals surface area contributed by atoms with Gasteiger partial charge in [-0.05, 0) is 0 Å². The van der Waals surface area contributed by atoms with Crippen LogP contribution in [0.25, 0.3) is 0 Å². The second-order valence-corrected chi connectivity index (χ2v) is 5.05. The van der Waals surface area contributed by atoms with Crippen LogP contribution in [0.1, 0.15) is 20.8 Å². The molecule has 0 amide bonds. The SMILES string of the molecule is CC(C)(C)C(F)(F)C(F)(F)C(F)(C(F)(F)F)C(F)(F)F. The summed E-state index contributed by atoms with van der Waals surface area (Å²) in [5.41, 5.74) is -10.4. The van der Waals surface area contributed by atoms with Gasteiger partial charge in [-0.3, -0.25) is 0 Å². The van der Waals surface area contributed by atoms with Crippen LogP contribution in [0.4, 0.5) is 48.3 Å². The zero-order chi connectivity index (χ0) is 17.0. The molecule has 0 aromatic heterocycles. The summed E-state index contributed by atoms with van der Waals surface area (Å²) in [5.74, 6) is -13.0. The van der Waals surface area contributed by atoms with Gasteiger partial charge in [0.25, 0.3) is 0 Å². The second kappa shape index (κ2) is 4.36. The van der Waals surface area contributed by atoms with Gasteiger partial charge in [0.15, 0.2) is 0 Å². The summed E-state index contributed by atoms with van der Waals surface area (Å²) < 4.78 is 139. The molecule has 0 saturated carbocycles. The van der Waals surface area contributed by atoms with E-state index in [1.54, 1.807) is 0 Å². The number of hydrogen-bond acceptors (Lipinski definition) is 0. The molecule has 0 saturated heterocycles. The maximum absolute atomic E-state index is 13.3. The fraction of sp³-hybridized carbons (Fsp3) is 1.00. The van der Waals surface area contributed by atoms with E-state index in [1.807, 2.05) is 0 Å². The first-order valence-corrected chi connectivity index (χ1v) is 4.83. The first-order valence-electron chi connectivity index (χ1n) is 4.83. The molecule has 0 aromatic rings. The van der Waals surface area contributed by atoms with Crippen LogP contribution in [-0.4, -0.2) is 29.9 Å². The van der Waals surface area contributed by atoms with Crippen molar-refractivity contribution < 1.29 is 48.3 Å². The molecule has 122 valence electrons. The van der Waals surface area contributed by atoms with E-state index in [0.717, 1.165) is 0 Å². The third kappa shape index (κ3) is 2.32. The van der Waals surface area contributed by atoms with E-state index in [9.17, 15) is 48.3 Å². The molecule has 0 rings (SSSR count). The third-order valence-electron chi connectivity index (χ3n) is 2.55. The molecule has 0 bridgehead atoms. The van der Waals surface area contributed by atoms with Gasteiger partial charge in [-0.1, -0.05) is 20.8 Å². The highest BCUT2D eigenvalue weighted by Crippen LogP contribution is 2.62. The average Bonchev–Trinajstić information content (AvgIpc) is 2.10. The molecule has 0 unspecified atom stereocenters. The topological polar surface area (TPSA) is 0 Å². The fourth-order valence-corrected chi connectivity index (χ4v) is 1.20. The van der Waals surface area contributed by atoms with E-state index in [4.69, 9.17) is 0 Å². The first-order chi connectivity index (χ1) is 8.25. The zero-order valence-electron chi connectivity index (χ0n) is 10.2. The summed E-state index contributed by atoms with van der Waals surface area (Å²) in [6, 6.07) is 0. The summed E-state index contributed by atoms with van der Waals surface area (Å²) >= 11 is 0. The summed E-state index contributed by atoms with van der Waals surface area (Å²) in [6.45, 7) is 0.774. The van der Waals surface area contributed by atoms with Gasteiger partial charge in [-0.15, -0.1) is 0 Å². The van der Waals surface area contributed by atoms with Crippen molar-refractivity contribution in [2.45, 2.75) is 50.6 Å². The number of alkyl halides is 11. The lowest BCUT2D eigenvalue weighted by atomic mass is 9.77. The maximum atomic E-state index is 13.3. The van der Waals surface area contributed by atoms with Crippen LogP contribution in [0.2, 0.25) is 0 Å². The van der Waals surface area contributed by atoms with E-state index in [-0.39, 0.29) is 20.8 Å². The largest absolute Gasteiger partial charge is 0.438 e. The Morgan fingerprint density at radius 3 is 0.850 bits per heavy atom. The highest BCUT2D eigenvalue weighted by molar-refractivity contribution is 5.13. The molecule has 0 heterocycles. The van der Waals surface area contributed by atoms with E-state index in [0.29, 0.717) is 0 Å². The van der Waals surface area contributed by atoms with Gasteiger partial charge in [0.2, 0.25) is 0 Å². The Labute approximate surface area is 105 Å². The van der Waals surface area contributed by atoms with Crippen LogP contribution < -0.4 is 0 Å². The number of halogens is 11. The van der Waals surface area contributed by atoms with Gasteiger partial charge < -0.3 is 0 Å². The molecule has 0 nitrogen and oxygen atoms in total. The summed E-state index contributed by atoms with van der Waals surface area (Å²) in [4.78, 5) is 0. The van der Waals surface area contributed by atoms with Gasteiger partial charge in [-0.25, -0.2) is 4.39 Å². The molecule has 11 heteroatoms. The van der Waals surface area contributed by atoms with Crippen LogP contribution in [0, 0.1) is 5.41 Å². The molecule has 0 fully saturated rings. The highest BCUT2D eigenvalue weighted by atomic mass is 19.4. The molecular formula is C9H9F11. The van der Waals surface area contributed by atoms with Crippen LogP contribution in [0.5, 0.6) is 0 Å². The van der Waals surface area contributed by atoms with E-state index in [1.165, 1.54) is 0 Å². The predicted molar refractivity (Wildman–Crippen MR) is 45.3 cm³/mol. The summed E-state index contributed by atoms with van der Waals surface area (Å²) in [5, 5.41) is 0. The normalized spacial score (nSPS) is 16.5. The van der Waals surface area contributed by atoms with E-state index >= 15 is 0 Å². The molecule has 0 aliphatic heterocycles. The monoisotopic (exact) mass is 326 g/mol. The van der Waals surface area contributed by atoms with Crippen molar-refractivity contribution >= 4 is 0 Å². The molecule has 0 aliphatic rings. The standard InChI is InChI=1S/C9H9F11/c1-4(2,3)6(11,12)7(13,14)5(10,8(15,16)17)9(18,19)20/h1-3H3. The summed E-state index contributed by atoms with van der Waals surface area (Å²) in [6.07, 6.45) is -14.5. The Morgan fingerprint density at radius 2 is 0.700 bits per heavy atom. The van der Waals surface area contributed by atoms with Gasteiger partial charge >= 0.3 is 29.9 Å². The Kier molecular flexibility index (Phi) is 4.19. The minimum absolute atomic E-state index is 0.258. The van der Waals surface area contributed by atoms with Gasteiger partial charge in [0, 0.05) is 5.41 Å². The molecule has 20 heavy (non-hydrogen) atoms. The van der Waals surface area contributed by atoms with Gasteiger partial charge in [-0.2, -0.15) is 43.9 Å². The lowest BCUT2D eigenvalue weighted by Gasteiger charge is -2.43. The van der Waals surface area contributed by atoms with Crippen molar-refractivity contribution in [1.29, 1.82) is 0 Å². The molecule has 0 aromatic carbocycles. The number of rotatable bonds is 2. The lowest BCUT2D eigenvalue weighted by molar-refractivity contribution is -0.435.